The van der Waals surface area contributed by atoms with E-state index in [0.29, 0.717) is 12.5 Å². The third kappa shape index (κ3) is 4.24. The molecule has 0 aromatic carbocycles. The van der Waals surface area contributed by atoms with E-state index in [4.69, 9.17) is 0 Å². The van der Waals surface area contributed by atoms with Crippen LogP contribution in [0.1, 0.15) is 12.8 Å². The highest BCUT2D eigenvalue weighted by Crippen LogP contribution is 2.01. The fraction of sp³-hybridized carbons (Fsp3) is 0.889. The number of amides is 1. The van der Waals surface area contributed by atoms with Crippen LogP contribution >= 0.6 is 0 Å². The molecule has 1 aliphatic rings. The van der Waals surface area contributed by atoms with Crippen LogP contribution in [0.3, 0.4) is 0 Å². The molecular weight excluding hydrogens is 166 g/mol. The summed E-state index contributed by atoms with van der Waals surface area (Å²) < 4.78 is 0. The average molecular weight is 185 g/mol. The minimum absolute atomic E-state index is 0.186. The van der Waals surface area contributed by atoms with Gasteiger partial charge in [0.05, 0.1) is 0 Å². The molecule has 4 nitrogen and oxygen atoms in total. The topological polar surface area (TPSA) is 44.4 Å². The van der Waals surface area contributed by atoms with Crippen molar-refractivity contribution in [3.63, 3.8) is 0 Å². The van der Waals surface area contributed by atoms with Crippen molar-refractivity contribution < 1.29 is 4.79 Å². The molecule has 0 aromatic rings. The predicted octanol–water partition coefficient (Wildman–Crippen LogP) is -0.584. The fourth-order valence-corrected chi connectivity index (χ4v) is 1.40. The van der Waals surface area contributed by atoms with Gasteiger partial charge in [0.25, 0.3) is 0 Å². The van der Waals surface area contributed by atoms with Crippen LogP contribution in [0.25, 0.3) is 0 Å². The minimum Gasteiger partial charge on any atom is -0.355 e. The van der Waals surface area contributed by atoms with Gasteiger partial charge in [-0.05, 0) is 20.5 Å². The molecule has 0 bridgehead atoms. The molecule has 1 fully saturated rings. The lowest BCUT2D eigenvalue weighted by atomic mass is 10.1. The maximum Gasteiger partial charge on any atom is 0.220 e. The molecule has 1 heterocycles. The van der Waals surface area contributed by atoms with E-state index >= 15 is 0 Å². The number of nitrogens with zero attached hydrogens (tertiary/aromatic N) is 1. The van der Waals surface area contributed by atoms with Crippen LogP contribution in [-0.2, 0) is 4.79 Å². The summed E-state index contributed by atoms with van der Waals surface area (Å²) in [6, 6.07) is 0.470. The first kappa shape index (κ1) is 10.5. The third-order valence-electron chi connectivity index (χ3n) is 2.26. The molecule has 1 unspecified atom stereocenters. The maximum atomic E-state index is 10.8. The highest BCUT2D eigenvalue weighted by atomic mass is 16.1. The Morgan fingerprint density at radius 3 is 2.92 bits per heavy atom. The highest BCUT2D eigenvalue weighted by Gasteiger charge is 2.16. The van der Waals surface area contributed by atoms with Gasteiger partial charge in [-0.15, -0.1) is 0 Å². The van der Waals surface area contributed by atoms with Gasteiger partial charge in [-0.1, -0.05) is 0 Å². The Morgan fingerprint density at radius 2 is 2.38 bits per heavy atom. The Morgan fingerprint density at radius 1 is 1.62 bits per heavy atom. The molecule has 2 N–H and O–H groups in total. The number of carbonyl (C=O) groups excluding carboxylic acids is 1. The van der Waals surface area contributed by atoms with Gasteiger partial charge in [0.1, 0.15) is 0 Å². The molecule has 1 saturated heterocycles. The van der Waals surface area contributed by atoms with E-state index in [2.05, 4.69) is 29.6 Å². The number of hydrogen-bond acceptors (Lipinski definition) is 3. The molecule has 13 heavy (non-hydrogen) atoms. The monoisotopic (exact) mass is 185 g/mol. The molecule has 76 valence electrons. The van der Waals surface area contributed by atoms with Crippen LogP contribution in [0.15, 0.2) is 0 Å². The number of rotatable bonds is 4. The van der Waals surface area contributed by atoms with Crippen LogP contribution in [-0.4, -0.2) is 50.6 Å². The summed E-state index contributed by atoms with van der Waals surface area (Å²) in [5.41, 5.74) is 0. The second-order valence-electron chi connectivity index (χ2n) is 3.80. The summed E-state index contributed by atoms with van der Waals surface area (Å²) in [5.74, 6) is 0.186. The van der Waals surface area contributed by atoms with Crippen molar-refractivity contribution in [1.82, 2.24) is 15.5 Å². The first-order valence-electron chi connectivity index (χ1n) is 4.83. The highest BCUT2D eigenvalue weighted by molar-refractivity contribution is 5.76. The van der Waals surface area contributed by atoms with Crippen molar-refractivity contribution in [2.45, 2.75) is 18.9 Å². The van der Waals surface area contributed by atoms with Gasteiger partial charge in [0.2, 0.25) is 5.91 Å². The quantitative estimate of drug-likeness (QED) is 0.615. The summed E-state index contributed by atoms with van der Waals surface area (Å²) in [7, 11) is 4.12. The Kier molecular flexibility index (Phi) is 4.18. The Labute approximate surface area is 79.7 Å². The van der Waals surface area contributed by atoms with E-state index < -0.39 is 0 Å². The summed E-state index contributed by atoms with van der Waals surface area (Å²) >= 11 is 0. The predicted molar refractivity (Wildman–Crippen MR) is 52.6 cm³/mol. The molecule has 1 atom stereocenters. The van der Waals surface area contributed by atoms with Crippen LogP contribution in [0.5, 0.6) is 0 Å². The molecular formula is C9H19N3O. The first-order valence-corrected chi connectivity index (χ1v) is 4.83. The van der Waals surface area contributed by atoms with Crippen molar-refractivity contribution in [2.24, 2.45) is 0 Å². The summed E-state index contributed by atoms with van der Waals surface area (Å²) in [6.07, 6.45) is 1.64. The smallest absolute Gasteiger partial charge is 0.220 e. The third-order valence-corrected chi connectivity index (χ3v) is 2.26. The van der Waals surface area contributed by atoms with E-state index in [0.717, 1.165) is 26.1 Å². The van der Waals surface area contributed by atoms with Gasteiger partial charge in [-0.2, -0.15) is 0 Å². The summed E-state index contributed by atoms with van der Waals surface area (Å²) in [6.45, 7) is 2.82. The summed E-state index contributed by atoms with van der Waals surface area (Å²) in [4.78, 5) is 13.0. The van der Waals surface area contributed by atoms with Crippen molar-refractivity contribution >= 4 is 5.91 Å². The Hall–Kier alpha value is -0.610. The standard InChI is InChI=1S/C9H19N3O/c1-12(2)6-5-10-8-3-4-9(13)11-7-8/h8,10H,3-7H2,1-2H3,(H,11,13). The SMILES string of the molecule is CN(C)CCNC1CCC(=O)NC1. The number of likely N-dealkylation sites (N-methyl/N-ethyl adjacent to an activating group) is 1. The van der Waals surface area contributed by atoms with E-state index in [9.17, 15) is 4.79 Å². The largest absolute Gasteiger partial charge is 0.355 e. The van der Waals surface area contributed by atoms with E-state index in [1.54, 1.807) is 0 Å². The van der Waals surface area contributed by atoms with Crippen molar-refractivity contribution in [3.8, 4) is 0 Å². The first-order chi connectivity index (χ1) is 6.18. The maximum absolute atomic E-state index is 10.8. The van der Waals surface area contributed by atoms with Gasteiger partial charge in [-0.25, -0.2) is 0 Å². The van der Waals surface area contributed by atoms with Crippen molar-refractivity contribution in [3.05, 3.63) is 0 Å². The van der Waals surface area contributed by atoms with Crippen LogP contribution in [0, 0.1) is 0 Å². The lowest BCUT2D eigenvalue weighted by Gasteiger charge is -2.24. The average Bonchev–Trinajstić information content (AvgIpc) is 2.08. The van der Waals surface area contributed by atoms with Gasteiger partial charge < -0.3 is 15.5 Å². The second-order valence-corrected chi connectivity index (χ2v) is 3.80. The van der Waals surface area contributed by atoms with Crippen LogP contribution in [0.4, 0.5) is 0 Å². The molecule has 0 radical (unpaired) electrons. The minimum atomic E-state index is 0.186. The van der Waals surface area contributed by atoms with Gasteiger partial charge in [0.15, 0.2) is 0 Å². The molecule has 0 spiro atoms. The number of carbonyl (C=O) groups is 1. The van der Waals surface area contributed by atoms with E-state index in [1.807, 2.05) is 0 Å². The fourth-order valence-electron chi connectivity index (χ4n) is 1.40. The summed E-state index contributed by atoms with van der Waals surface area (Å²) in [5, 5.41) is 6.27. The molecule has 4 heteroatoms. The molecule has 1 rings (SSSR count). The van der Waals surface area contributed by atoms with E-state index in [1.165, 1.54) is 0 Å². The Balaban J connectivity index is 2.05. The zero-order valence-corrected chi connectivity index (χ0v) is 8.47. The number of piperidine rings is 1. The van der Waals surface area contributed by atoms with Crippen molar-refractivity contribution in [2.75, 3.05) is 33.7 Å². The van der Waals surface area contributed by atoms with Gasteiger partial charge >= 0.3 is 0 Å². The van der Waals surface area contributed by atoms with E-state index in [-0.39, 0.29) is 5.91 Å². The molecule has 1 amide bonds. The number of nitrogens with one attached hydrogen (secondary N) is 2. The zero-order valence-electron chi connectivity index (χ0n) is 8.47. The molecule has 0 aromatic heterocycles. The molecule has 0 saturated carbocycles. The van der Waals surface area contributed by atoms with Crippen LogP contribution in [0.2, 0.25) is 0 Å². The van der Waals surface area contributed by atoms with Crippen molar-refractivity contribution in [1.29, 1.82) is 0 Å². The second kappa shape index (κ2) is 5.19. The Bertz CT molecular complexity index is 160. The lowest BCUT2D eigenvalue weighted by Crippen LogP contribution is -2.47. The normalized spacial score (nSPS) is 23.3. The molecule has 1 aliphatic heterocycles. The van der Waals surface area contributed by atoms with Gasteiger partial charge in [0, 0.05) is 32.1 Å². The number of hydrogen-bond donors (Lipinski definition) is 2. The lowest BCUT2D eigenvalue weighted by molar-refractivity contribution is -0.122. The zero-order chi connectivity index (χ0) is 9.68. The van der Waals surface area contributed by atoms with Crippen LogP contribution < -0.4 is 10.6 Å². The molecule has 0 aliphatic carbocycles. The van der Waals surface area contributed by atoms with Gasteiger partial charge in [-0.3, -0.25) is 4.79 Å².